The molecule has 1 saturated heterocycles. The molecule has 1 atom stereocenters. The summed E-state index contributed by atoms with van der Waals surface area (Å²) in [6.07, 6.45) is 2.08. The first kappa shape index (κ1) is 19.7. The van der Waals surface area contributed by atoms with Crippen LogP contribution in [0.1, 0.15) is 23.6 Å². The predicted molar refractivity (Wildman–Crippen MR) is 111 cm³/mol. The van der Waals surface area contributed by atoms with Gasteiger partial charge in [-0.15, -0.1) is 11.8 Å². The molecular weight excluding hydrogens is 358 g/mol. The average Bonchev–Trinajstić information content (AvgIpc) is 2.68. The largest absolute Gasteiger partial charge is 0.375 e. The number of benzene rings is 1. The molecule has 2 heterocycles. The Morgan fingerprint density at radius 2 is 2.04 bits per heavy atom. The van der Waals surface area contributed by atoms with E-state index in [2.05, 4.69) is 53.3 Å². The zero-order valence-corrected chi connectivity index (χ0v) is 16.8. The van der Waals surface area contributed by atoms with Crippen molar-refractivity contribution in [1.82, 2.24) is 10.3 Å². The minimum atomic E-state index is 0.0539. The quantitative estimate of drug-likeness (QED) is 0.793. The molecule has 1 amide bonds. The summed E-state index contributed by atoms with van der Waals surface area (Å²) in [5, 5.41) is 2.97. The number of nitrogens with one attached hydrogen (secondary N) is 1. The SMILES string of the molecule is Cc1ccc(CSCC(=O)NCc2ccc(N3CCOC(C)C3)nc2)cc1. The minimum Gasteiger partial charge on any atom is -0.375 e. The minimum absolute atomic E-state index is 0.0539. The summed E-state index contributed by atoms with van der Waals surface area (Å²) >= 11 is 1.63. The first-order valence-corrected chi connectivity index (χ1v) is 10.5. The van der Waals surface area contributed by atoms with Gasteiger partial charge >= 0.3 is 0 Å². The molecule has 1 aliphatic heterocycles. The summed E-state index contributed by atoms with van der Waals surface area (Å²) in [5.41, 5.74) is 3.51. The molecule has 1 aliphatic rings. The Hall–Kier alpha value is -2.05. The summed E-state index contributed by atoms with van der Waals surface area (Å²) in [6.45, 7) is 7.13. The maximum atomic E-state index is 12.0. The lowest BCUT2D eigenvalue weighted by Gasteiger charge is -2.32. The number of pyridine rings is 1. The fraction of sp³-hybridized carbons (Fsp3) is 0.429. The van der Waals surface area contributed by atoms with Crippen LogP contribution in [0.2, 0.25) is 0 Å². The van der Waals surface area contributed by atoms with Crippen LogP contribution in [-0.2, 0) is 21.8 Å². The van der Waals surface area contributed by atoms with E-state index in [0.29, 0.717) is 12.3 Å². The third-order valence-electron chi connectivity index (χ3n) is 4.49. The molecule has 2 aromatic rings. The number of hydrogen-bond acceptors (Lipinski definition) is 5. The summed E-state index contributed by atoms with van der Waals surface area (Å²) in [6, 6.07) is 12.5. The molecule has 1 aromatic heterocycles. The molecule has 0 saturated carbocycles. The second-order valence-electron chi connectivity index (χ2n) is 6.91. The van der Waals surface area contributed by atoms with Gasteiger partial charge in [0.1, 0.15) is 5.82 Å². The molecule has 0 radical (unpaired) electrons. The van der Waals surface area contributed by atoms with Gasteiger partial charge in [0.15, 0.2) is 0 Å². The molecule has 1 N–H and O–H groups in total. The van der Waals surface area contributed by atoms with E-state index in [4.69, 9.17) is 4.74 Å². The van der Waals surface area contributed by atoms with Crippen molar-refractivity contribution in [3.05, 3.63) is 59.3 Å². The van der Waals surface area contributed by atoms with Gasteiger partial charge in [0.2, 0.25) is 5.91 Å². The molecule has 0 bridgehead atoms. The average molecular weight is 386 g/mol. The highest BCUT2D eigenvalue weighted by Gasteiger charge is 2.17. The van der Waals surface area contributed by atoms with Crippen molar-refractivity contribution in [3.63, 3.8) is 0 Å². The molecular formula is C21H27N3O2S. The number of morpholine rings is 1. The molecule has 1 unspecified atom stereocenters. The highest BCUT2D eigenvalue weighted by molar-refractivity contribution is 7.99. The van der Waals surface area contributed by atoms with Gasteiger partial charge in [-0.05, 0) is 31.0 Å². The number of rotatable bonds is 7. The van der Waals surface area contributed by atoms with E-state index >= 15 is 0 Å². The van der Waals surface area contributed by atoms with Gasteiger partial charge in [0.05, 0.1) is 18.5 Å². The summed E-state index contributed by atoms with van der Waals surface area (Å²) in [5.74, 6) is 2.33. The van der Waals surface area contributed by atoms with Crippen molar-refractivity contribution in [2.24, 2.45) is 0 Å². The Balaban J connectivity index is 1.38. The molecule has 1 fully saturated rings. The smallest absolute Gasteiger partial charge is 0.230 e. The molecule has 0 spiro atoms. The van der Waals surface area contributed by atoms with Crippen molar-refractivity contribution in [2.75, 3.05) is 30.3 Å². The Kier molecular flexibility index (Phi) is 7.12. The Morgan fingerprint density at radius 3 is 2.74 bits per heavy atom. The number of thioether (sulfide) groups is 1. The van der Waals surface area contributed by atoms with Crippen molar-refractivity contribution < 1.29 is 9.53 Å². The van der Waals surface area contributed by atoms with Gasteiger partial charge in [-0.25, -0.2) is 4.98 Å². The normalized spacial score (nSPS) is 17.0. The van der Waals surface area contributed by atoms with Gasteiger partial charge in [0, 0.05) is 31.6 Å². The van der Waals surface area contributed by atoms with Crippen LogP contribution in [-0.4, -0.2) is 42.4 Å². The topological polar surface area (TPSA) is 54.5 Å². The molecule has 6 heteroatoms. The van der Waals surface area contributed by atoms with Gasteiger partial charge in [-0.1, -0.05) is 35.9 Å². The first-order valence-electron chi connectivity index (χ1n) is 9.31. The van der Waals surface area contributed by atoms with Gasteiger partial charge in [-0.2, -0.15) is 0 Å². The van der Waals surface area contributed by atoms with Gasteiger partial charge in [0.25, 0.3) is 0 Å². The molecule has 144 valence electrons. The maximum Gasteiger partial charge on any atom is 0.230 e. The lowest BCUT2D eigenvalue weighted by Crippen LogP contribution is -2.41. The van der Waals surface area contributed by atoms with E-state index in [1.807, 2.05) is 18.3 Å². The first-order chi connectivity index (χ1) is 13.1. The number of hydrogen-bond donors (Lipinski definition) is 1. The molecule has 5 nitrogen and oxygen atoms in total. The number of anilines is 1. The van der Waals surface area contributed by atoms with Crippen LogP contribution in [0, 0.1) is 6.92 Å². The highest BCUT2D eigenvalue weighted by atomic mass is 32.2. The number of amides is 1. The summed E-state index contributed by atoms with van der Waals surface area (Å²) in [4.78, 5) is 18.8. The van der Waals surface area contributed by atoms with Crippen molar-refractivity contribution >= 4 is 23.5 Å². The van der Waals surface area contributed by atoms with E-state index in [1.165, 1.54) is 11.1 Å². The van der Waals surface area contributed by atoms with Crippen molar-refractivity contribution in [2.45, 2.75) is 32.2 Å². The number of aryl methyl sites for hydroxylation is 1. The zero-order valence-electron chi connectivity index (χ0n) is 16.0. The molecule has 0 aliphatic carbocycles. The van der Waals surface area contributed by atoms with Crippen LogP contribution in [0.3, 0.4) is 0 Å². The van der Waals surface area contributed by atoms with E-state index in [9.17, 15) is 4.79 Å². The number of carbonyl (C=O) groups is 1. The third-order valence-corrected chi connectivity index (χ3v) is 5.49. The van der Waals surface area contributed by atoms with Crippen LogP contribution >= 0.6 is 11.8 Å². The second-order valence-corrected chi connectivity index (χ2v) is 7.89. The van der Waals surface area contributed by atoms with Crippen LogP contribution in [0.15, 0.2) is 42.6 Å². The van der Waals surface area contributed by atoms with Crippen LogP contribution < -0.4 is 10.2 Å². The molecule has 1 aromatic carbocycles. The Morgan fingerprint density at radius 1 is 1.26 bits per heavy atom. The molecule has 27 heavy (non-hydrogen) atoms. The molecule has 3 rings (SSSR count). The van der Waals surface area contributed by atoms with E-state index in [1.54, 1.807) is 11.8 Å². The van der Waals surface area contributed by atoms with E-state index in [0.717, 1.165) is 36.8 Å². The van der Waals surface area contributed by atoms with Crippen LogP contribution in [0.4, 0.5) is 5.82 Å². The number of aromatic nitrogens is 1. The second kappa shape index (κ2) is 9.76. The predicted octanol–water partition coefficient (Wildman–Crippen LogP) is 3.16. The summed E-state index contributed by atoms with van der Waals surface area (Å²) in [7, 11) is 0. The summed E-state index contributed by atoms with van der Waals surface area (Å²) < 4.78 is 5.56. The number of ether oxygens (including phenoxy) is 1. The van der Waals surface area contributed by atoms with Crippen LogP contribution in [0.5, 0.6) is 0 Å². The Bertz CT molecular complexity index is 734. The van der Waals surface area contributed by atoms with Gasteiger partial charge < -0.3 is 15.0 Å². The van der Waals surface area contributed by atoms with E-state index in [-0.39, 0.29) is 12.0 Å². The van der Waals surface area contributed by atoms with Crippen molar-refractivity contribution in [3.8, 4) is 0 Å². The van der Waals surface area contributed by atoms with Crippen LogP contribution in [0.25, 0.3) is 0 Å². The zero-order chi connectivity index (χ0) is 19.1. The number of nitrogens with zero attached hydrogens (tertiary/aromatic N) is 2. The fourth-order valence-electron chi connectivity index (χ4n) is 2.93. The fourth-order valence-corrected chi connectivity index (χ4v) is 3.75. The third kappa shape index (κ3) is 6.26. The Labute approximate surface area is 165 Å². The monoisotopic (exact) mass is 385 g/mol. The standard InChI is InChI=1S/C21H27N3O2S/c1-16-3-5-18(6-4-16)14-27-15-21(25)23-12-19-7-8-20(22-11-19)24-9-10-26-17(2)13-24/h3-8,11,17H,9-10,12-15H2,1-2H3,(H,23,25). The van der Waals surface area contributed by atoms with Gasteiger partial charge in [-0.3, -0.25) is 4.79 Å². The maximum absolute atomic E-state index is 12.0. The lowest BCUT2D eigenvalue weighted by atomic mass is 10.2. The number of carbonyl (C=O) groups excluding carboxylic acids is 1. The van der Waals surface area contributed by atoms with Crippen molar-refractivity contribution in [1.29, 1.82) is 0 Å². The van der Waals surface area contributed by atoms with E-state index < -0.39 is 0 Å². The lowest BCUT2D eigenvalue weighted by molar-refractivity contribution is -0.118. The highest BCUT2D eigenvalue weighted by Crippen LogP contribution is 2.16.